The first-order valence-corrected chi connectivity index (χ1v) is 7.42. The third-order valence-corrected chi connectivity index (χ3v) is 3.73. The minimum Gasteiger partial charge on any atom is -0.454 e. The Labute approximate surface area is 132 Å². The number of aromatic nitrogens is 3. The number of ether oxygens (including phenoxy) is 1. The van der Waals surface area contributed by atoms with Crippen molar-refractivity contribution in [3.8, 4) is 22.8 Å². The predicted octanol–water partition coefficient (Wildman–Crippen LogP) is 3.79. The molecule has 0 spiro atoms. The largest absolute Gasteiger partial charge is 0.454 e. The van der Waals surface area contributed by atoms with Crippen LogP contribution in [0.3, 0.4) is 0 Å². The number of rotatable bonds is 4. The van der Waals surface area contributed by atoms with Crippen molar-refractivity contribution in [3.63, 3.8) is 0 Å². The number of halogens is 1. The molecule has 0 saturated heterocycles. The van der Waals surface area contributed by atoms with E-state index >= 15 is 0 Å². The number of hydrogen-bond donors (Lipinski definition) is 1. The van der Waals surface area contributed by atoms with Gasteiger partial charge in [-0.15, -0.1) is 0 Å². The van der Waals surface area contributed by atoms with Crippen LogP contribution in [0.1, 0.15) is 18.9 Å². The van der Waals surface area contributed by atoms with Crippen molar-refractivity contribution in [2.45, 2.75) is 18.9 Å². The summed E-state index contributed by atoms with van der Waals surface area (Å²) in [5, 5.41) is 4.35. The van der Waals surface area contributed by atoms with E-state index in [1.165, 1.54) is 25.0 Å². The van der Waals surface area contributed by atoms with Crippen molar-refractivity contribution in [3.05, 3.63) is 54.7 Å². The second kappa shape index (κ2) is 5.39. The maximum absolute atomic E-state index is 13.8. The van der Waals surface area contributed by atoms with Crippen molar-refractivity contribution >= 4 is 5.69 Å². The van der Waals surface area contributed by atoms with Crippen LogP contribution in [0.25, 0.3) is 11.3 Å². The Kier molecular flexibility index (Phi) is 3.22. The minimum absolute atomic E-state index is 0.130. The van der Waals surface area contributed by atoms with Gasteiger partial charge in [-0.1, -0.05) is 0 Å². The summed E-state index contributed by atoms with van der Waals surface area (Å²) in [5.41, 5.74) is 7.55. The number of anilines is 1. The Balaban J connectivity index is 1.60. The SMILES string of the molecule is Nc1ccc(Oc2ccnc(-c3cnn(C4CC4)c3)c2)c(F)c1. The molecule has 0 radical (unpaired) electrons. The first-order chi connectivity index (χ1) is 11.2. The molecule has 1 aliphatic carbocycles. The van der Waals surface area contributed by atoms with Crippen LogP contribution in [-0.4, -0.2) is 14.8 Å². The molecule has 1 fully saturated rings. The van der Waals surface area contributed by atoms with E-state index in [4.69, 9.17) is 10.5 Å². The zero-order chi connectivity index (χ0) is 15.8. The minimum atomic E-state index is -0.495. The highest BCUT2D eigenvalue weighted by molar-refractivity contribution is 5.59. The predicted molar refractivity (Wildman–Crippen MR) is 84.6 cm³/mol. The lowest BCUT2D eigenvalue weighted by Gasteiger charge is -2.08. The molecule has 0 unspecified atom stereocenters. The van der Waals surface area contributed by atoms with Crippen LogP contribution >= 0.6 is 0 Å². The van der Waals surface area contributed by atoms with Gasteiger partial charge in [-0.25, -0.2) is 4.39 Å². The molecule has 3 aromatic rings. The molecular weight excluding hydrogens is 295 g/mol. The van der Waals surface area contributed by atoms with E-state index < -0.39 is 5.82 Å². The lowest BCUT2D eigenvalue weighted by Crippen LogP contribution is -1.93. The van der Waals surface area contributed by atoms with Gasteiger partial charge in [0.05, 0.1) is 17.9 Å². The zero-order valence-electron chi connectivity index (χ0n) is 12.3. The fourth-order valence-corrected chi connectivity index (χ4v) is 2.37. The fourth-order valence-electron chi connectivity index (χ4n) is 2.37. The molecule has 0 bridgehead atoms. The molecule has 116 valence electrons. The topological polar surface area (TPSA) is 66.0 Å². The molecule has 0 aliphatic heterocycles. The van der Waals surface area contributed by atoms with Gasteiger partial charge in [0, 0.05) is 35.8 Å². The van der Waals surface area contributed by atoms with Gasteiger partial charge < -0.3 is 10.5 Å². The third-order valence-electron chi connectivity index (χ3n) is 3.73. The van der Waals surface area contributed by atoms with Gasteiger partial charge in [-0.2, -0.15) is 5.10 Å². The van der Waals surface area contributed by atoms with Gasteiger partial charge >= 0.3 is 0 Å². The van der Waals surface area contributed by atoms with Crippen LogP contribution in [0, 0.1) is 5.82 Å². The molecular formula is C17H15FN4O. The first kappa shape index (κ1) is 13.8. The first-order valence-electron chi connectivity index (χ1n) is 7.42. The highest BCUT2D eigenvalue weighted by atomic mass is 19.1. The molecule has 5 nitrogen and oxygen atoms in total. The van der Waals surface area contributed by atoms with Crippen molar-refractivity contribution in [2.75, 3.05) is 5.73 Å². The van der Waals surface area contributed by atoms with E-state index in [0.29, 0.717) is 17.5 Å². The highest BCUT2D eigenvalue weighted by Gasteiger charge is 2.24. The summed E-state index contributed by atoms with van der Waals surface area (Å²) in [4.78, 5) is 4.33. The molecule has 2 heterocycles. The maximum atomic E-state index is 13.8. The summed E-state index contributed by atoms with van der Waals surface area (Å²) in [7, 11) is 0. The quantitative estimate of drug-likeness (QED) is 0.744. The van der Waals surface area contributed by atoms with E-state index in [-0.39, 0.29) is 5.75 Å². The molecule has 2 N–H and O–H groups in total. The third kappa shape index (κ3) is 2.88. The summed E-state index contributed by atoms with van der Waals surface area (Å²) in [6.07, 6.45) is 7.75. The fraction of sp³-hybridized carbons (Fsp3) is 0.176. The summed E-state index contributed by atoms with van der Waals surface area (Å²) in [6.45, 7) is 0. The highest BCUT2D eigenvalue weighted by Crippen LogP contribution is 2.35. The monoisotopic (exact) mass is 310 g/mol. The van der Waals surface area contributed by atoms with Crippen LogP contribution in [0.2, 0.25) is 0 Å². The van der Waals surface area contributed by atoms with Crippen LogP contribution in [0.4, 0.5) is 10.1 Å². The molecule has 6 heteroatoms. The van der Waals surface area contributed by atoms with Crippen molar-refractivity contribution in [2.24, 2.45) is 0 Å². The van der Waals surface area contributed by atoms with Gasteiger partial charge in [-0.3, -0.25) is 9.67 Å². The van der Waals surface area contributed by atoms with Gasteiger partial charge in [0.15, 0.2) is 11.6 Å². The van der Waals surface area contributed by atoms with E-state index in [1.54, 1.807) is 30.6 Å². The number of nitrogens with zero attached hydrogens (tertiary/aromatic N) is 3. The van der Waals surface area contributed by atoms with E-state index in [0.717, 1.165) is 11.3 Å². The molecule has 0 atom stereocenters. The molecule has 1 aliphatic rings. The summed E-state index contributed by atoms with van der Waals surface area (Å²) >= 11 is 0. The maximum Gasteiger partial charge on any atom is 0.167 e. The van der Waals surface area contributed by atoms with E-state index in [1.807, 2.05) is 10.9 Å². The summed E-state index contributed by atoms with van der Waals surface area (Å²) < 4.78 is 21.4. The average Bonchev–Trinajstić information content (AvgIpc) is 3.28. The number of benzene rings is 1. The van der Waals surface area contributed by atoms with Gasteiger partial charge in [0.25, 0.3) is 0 Å². The van der Waals surface area contributed by atoms with E-state index in [9.17, 15) is 4.39 Å². The molecule has 23 heavy (non-hydrogen) atoms. The van der Waals surface area contributed by atoms with Crippen molar-refractivity contribution in [1.29, 1.82) is 0 Å². The molecule has 2 aromatic heterocycles. The second-order valence-electron chi connectivity index (χ2n) is 5.61. The number of nitrogen functional groups attached to an aromatic ring is 1. The smallest absolute Gasteiger partial charge is 0.167 e. The zero-order valence-corrected chi connectivity index (χ0v) is 12.3. The molecule has 4 rings (SSSR count). The van der Waals surface area contributed by atoms with Gasteiger partial charge in [0.2, 0.25) is 0 Å². The lowest BCUT2D eigenvalue weighted by atomic mass is 10.2. The Bertz CT molecular complexity index is 857. The van der Waals surface area contributed by atoms with Crippen LogP contribution in [0.15, 0.2) is 48.9 Å². The Morgan fingerprint density at radius 1 is 1.22 bits per heavy atom. The Hall–Kier alpha value is -2.89. The number of nitrogens with two attached hydrogens (primary N) is 1. The lowest BCUT2D eigenvalue weighted by molar-refractivity contribution is 0.442. The van der Waals surface area contributed by atoms with Crippen LogP contribution in [0.5, 0.6) is 11.5 Å². The average molecular weight is 310 g/mol. The molecule has 1 saturated carbocycles. The molecule has 0 amide bonds. The Morgan fingerprint density at radius 2 is 2.09 bits per heavy atom. The van der Waals surface area contributed by atoms with Gasteiger partial charge in [-0.05, 0) is 31.0 Å². The van der Waals surface area contributed by atoms with Crippen molar-refractivity contribution < 1.29 is 9.13 Å². The molecule has 1 aromatic carbocycles. The standard InChI is InChI=1S/C17H15FN4O/c18-15-7-12(19)1-4-17(15)23-14-5-6-20-16(8-14)11-9-21-22(10-11)13-2-3-13/h1,4-10,13H,2-3,19H2. The Morgan fingerprint density at radius 3 is 2.87 bits per heavy atom. The normalized spacial score (nSPS) is 14.0. The van der Waals surface area contributed by atoms with Crippen LogP contribution in [-0.2, 0) is 0 Å². The van der Waals surface area contributed by atoms with Crippen molar-refractivity contribution in [1.82, 2.24) is 14.8 Å². The number of hydrogen-bond acceptors (Lipinski definition) is 4. The van der Waals surface area contributed by atoms with Crippen LogP contribution < -0.4 is 10.5 Å². The van der Waals surface area contributed by atoms with Gasteiger partial charge in [0.1, 0.15) is 5.75 Å². The van der Waals surface area contributed by atoms with E-state index in [2.05, 4.69) is 10.1 Å². The second-order valence-corrected chi connectivity index (χ2v) is 5.61. The summed E-state index contributed by atoms with van der Waals surface area (Å²) in [5.74, 6) is 0.146. The number of pyridine rings is 1. The summed E-state index contributed by atoms with van der Waals surface area (Å²) in [6, 6.07) is 8.31.